The van der Waals surface area contributed by atoms with Gasteiger partial charge in [-0.2, -0.15) is 9.29 Å². The molecular formula is C10H17N5O9P2. The lowest BCUT2D eigenvalue weighted by Crippen LogP contribution is -2.18. The third kappa shape index (κ3) is 5.69. The lowest BCUT2D eigenvalue weighted by molar-refractivity contribution is 0.146. The number of phosphoric ester groups is 1. The number of nitrogens with zero attached hydrogens (tertiary/aromatic N) is 3. The van der Waals surface area contributed by atoms with Gasteiger partial charge in [0, 0.05) is 19.1 Å². The van der Waals surface area contributed by atoms with Crippen LogP contribution in [0, 0.1) is 5.92 Å². The number of aliphatic hydroxyl groups excluding tert-OH is 1. The summed E-state index contributed by atoms with van der Waals surface area (Å²) >= 11 is 0. The molecule has 14 nitrogen and oxygen atoms in total. The molecule has 0 fully saturated rings. The van der Waals surface area contributed by atoms with Gasteiger partial charge in [0.2, 0.25) is 5.95 Å². The minimum atomic E-state index is -5.19. The van der Waals surface area contributed by atoms with Crippen molar-refractivity contribution in [2.24, 2.45) is 5.92 Å². The maximum absolute atomic E-state index is 11.7. The standard InChI is InChI=1S/C10H17N5O9P2/c11-10-13-8-7(9(17)14-10)12-5-15(8)3-6(4-16)1-2-23-26(21,22)24-25(18,19)20/h5-6,16H,1-4H2,(H,21,22)(H2,18,19,20)(H3,11,13,14,17). The number of aliphatic hydroxyl groups is 1. The van der Waals surface area contributed by atoms with Gasteiger partial charge >= 0.3 is 15.6 Å². The summed E-state index contributed by atoms with van der Waals surface area (Å²) < 4.78 is 31.5. The van der Waals surface area contributed by atoms with E-state index in [1.165, 1.54) is 10.9 Å². The molecule has 0 aliphatic carbocycles. The maximum atomic E-state index is 11.7. The lowest BCUT2D eigenvalue weighted by Gasteiger charge is -2.17. The van der Waals surface area contributed by atoms with Crippen molar-refractivity contribution < 1.29 is 37.8 Å². The number of nitrogens with two attached hydrogens (primary N) is 1. The van der Waals surface area contributed by atoms with Crippen LogP contribution < -0.4 is 11.3 Å². The van der Waals surface area contributed by atoms with Gasteiger partial charge in [-0.05, 0) is 6.42 Å². The van der Waals surface area contributed by atoms with Crippen LogP contribution in [-0.2, 0) is 24.5 Å². The second-order valence-corrected chi connectivity index (χ2v) is 8.06. The summed E-state index contributed by atoms with van der Waals surface area (Å²) in [6.07, 6.45) is 1.35. The molecule has 0 bridgehead atoms. The van der Waals surface area contributed by atoms with Gasteiger partial charge in [0.15, 0.2) is 11.2 Å². The van der Waals surface area contributed by atoms with Crippen LogP contribution in [0.3, 0.4) is 0 Å². The minimum absolute atomic E-state index is 0.0317. The fourth-order valence-corrected chi connectivity index (χ4v) is 3.72. The fraction of sp³-hybridized carbons (Fsp3) is 0.500. The van der Waals surface area contributed by atoms with Crippen LogP contribution in [0.1, 0.15) is 6.42 Å². The number of aromatic amines is 1. The Kier molecular flexibility index (Phi) is 6.32. The average molecular weight is 413 g/mol. The van der Waals surface area contributed by atoms with Gasteiger partial charge in [0.25, 0.3) is 5.56 Å². The van der Waals surface area contributed by atoms with Crippen LogP contribution in [-0.4, -0.2) is 52.5 Å². The summed E-state index contributed by atoms with van der Waals surface area (Å²) in [5.74, 6) is -0.617. The summed E-state index contributed by atoms with van der Waals surface area (Å²) in [6, 6.07) is 0. The SMILES string of the molecule is Nc1nc2c(ncn2CC(CO)CCOP(=O)(O)OP(=O)(O)O)c(=O)[nH]1. The van der Waals surface area contributed by atoms with Crippen molar-refractivity contribution in [3.8, 4) is 0 Å². The highest BCUT2D eigenvalue weighted by Gasteiger charge is 2.32. The summed E-state index contributed by atoms with van der Waals surface area (Å²) in [5.41, 5.74) is 5.21. The molecule has 2 heterocycles. The van der Waals surface area contributed by atoms with Gasteiger partial charge in [0.05, 0.1) is 12.9 Å². The first-order valence-electron chi connectivity index (χ1n) is 7.06. The topological polar surface area (TPSA) is 223 Å². The molecule has 146 valence electrons. The molecule has 2 atom stereocenters. The number of fused-ring (bicyclic) bond motifs is 1. The van der Waals surface area contributed by atoms with E-state index in [2.05, 4.69) is 23.8 Å². The monoisotopic (exact) mass is 413 g/mol. The molecule has 0 aliphatic heterocycles. The molecule has 0 saturated heterocycles. The Hall–Kier alpha value is -1.63. The van der Waals surface area contributed by atoms with Crippen LogP contribution >= 0.6 is 15.6 Å². The van der Waals surface area contributed by atoms with E-state index in [0.717, 1.165) is 0 Å². The van der Waals surface area contributed by atoms with Crippen LogP contribution in [0.15, 0.2) is 11.1 Å². The Morgan fingerprint density at radius 3 is 2.65 bits per heavy atom. The Morgan fingerprint density at radius 1 is 1.35 bits per heavy atom. The Bertz CT molecular complexity index is 921. The highest BCUT2D eigenvalue weighted by atomic mass is 31.3. The Labute approximate surface area is 145 Å². The highest BCUT2D eigenvalue weighted by molar-refractivity contribution is 7.60. The molecule has 0 saturated carbocycles. The normalized spacial score (nSPS) is 15.8. The molecular weight excluding hydrogens is 396 g/mol. The molecule has 16 heteroatoms. The van der Waals surface area contributed by atoms with Crippen LogP contribution in [0.25, 0.3) is 11.2 Å². The van der Waals surface area contributed by atoms with E-state index in [9.17, 15) is 23.9 Å². The Morgan fingerprint density at radius 2 is 2.04 bits per heavy atom. The lowest BCUT2D eigenvalue weighted by atomic mass is 10.1. The second-order valence-electron chi connectivity index (χ2n) is 5.23. The van der Waals surface area contributed by atoms with E-state index in [4.69, 9.17) is 15.5 Å². The summed E-state index contributed by atoms with van der Waals surface area (Å²) in [7, 11) is -10.1. The zero-order valence-corrected chi connectivity index (χ0v) is 14.9. The third-order valence-corrected chi connectivity index (χ3v) is 5.38. The summed E-state index contributed by atoms with van der Waals surface area (Å²) in [4.78, 5) is 48.1. The van der Waals surface area contributed by atoms with Crippen LogP contribution in [0.4, 0.5) is 5.95 Å². The molecule has 0 spiro atoms. The van der Waals surface area contributed by atoms with Crippen molar-refractivity contribution in [3.63, 3.8) is 0 Å². The molecule has 0 amide bonds. The molecule has 7 N–H and O–H groups in total. The first-order chi connectivity index (χ1) is 12.0. The van der Waals surface area contributed by atoms with Gasteiger partial charge in [-0.3, -0.25) is 14.3 Å². The van der Waals surface area contributed by atoms with Gasteiger partial charge < -0.3 is 30.1 Å². The second kappa shape index (κ2) is 7.94. The molecule has 0 radical (unpaired) electrons. The van der Waals surface area contributed by atoms with Crippen LogP contribution in [0.5, 0.6) is 0 Å². The van der Waals surface area contributed by atoms with E-state index in [1.807, 2.05) is 0 Å². The maximum Gasteiger partial charge on any atom is 0.481 e. The van der Waals surface area contributed by atoms with Crippen molar-refractivity contribution in [2.75, 3.05) is 18.9 Å². The van der Waals surface area contributed by atoms with Crippen molar-refractivity contribution >= 4 is 32.8 Å². The molecule has 2 aromatic heterocycles. The zero-order chi connectivity index (χ0) is 19.5. The van der Waals surface area contributed by atoms with E-state index < -0.39 is 33.7 Å². The molecule has 2 rings (SSSR count). The van der Waals surface area contributed by atoms with E-state index >= 15 is 0 Å². The van der Waals surface area contributed by atoms with Crippen molar-refractivity contribution in [1.29, 1.82) is 0 Å². The van der Waals surface area contributed by atoms with E-state index in [1.54, 1.807) is 0 Å². The number of H-pyrrole nitrogens is 1. The first kappa shape index (κ1) is 20.7. The largest absolute Gasteiger partial charge is 0.481 e. The number of hydrogen-bond acceptors (Lipinski definition) is 9. The third-order valence-electron chi connectivity index (χ3n) is 3.20. The number of aromatic nitrogens is 4. The van der Waals surface area contributed by atoms with E-state index in [0.29, 0.717) is 0 Å². The highest BCUT2D eigenvalue weighted by Crippen LogP contribution is 2.57. The van der Waals surface area contributed by atoms with Crippen molar-refractivity contribution in [1.82, 2.24) is 19.5 Å². The molecule has 2 aromatic rings. The molecule has 2 unspecified atom stereocenters. The summed E-state index contributed by atoms with van der Waals surface area (Å²) in [5, 5.41) is 9.43. The molecule has 0 aromatic carbocycles. The first-order valence-corrected chi connectivity index (χ1v) is 10.1. The van der Waals surface area contributed by atoms with E-state index in [-0.39, 0.29) is 36.7 Å². The zero-order valence-electron chi connectivity index (χ0n) is 13.1. The number of hydrogen-bond donors (Lipinski definition) is 6. The number of anilines is 1. The molecule has 26 heavy (non-hydrogen) atoms. The van der Waals surface area contributed by atoms with Gasteiger partial charge in [-0.25, -0.2) is 14.1 Å². The average Bonchev–Trinajstić information content (AvgIpc) is 2.86. The van der Waals surface area contributed by atoms with Gasteiger partial charge in [-0.1, -0.05) is 0 Å². The smallest absolute Gasteiger partial charge is 0.396 e. The number of nitrogen functional groups attached to an aromatic ring is 1. The quantitative estimate of drug-likeness (QED) is 0.270. The minimum Gasteiger partial charge on any atom is -0.396 e. The predicted molar refractivity (Wildman–Crippen MR) is 86.7 cm³/mol. The predicted octanol–water partition coefficient (Wildman–Crippen LogP) is -1.07. The van der Waals surface area contributed by atoms with Crippen molar-refractivity contribution in [2.45, 2.75) is 13.0 Å². The van der Waals surface area contributed by atoms with Gasteiger partial charge in [0.1, 0.15) is 0 Å². The number of phosphoric acid groups is 2. The number of imidazole rings is 1. The van der Waals surface area contributed by atoms with Crippen LogP contribution in [0.2, 0.25) is 0 Å². The number of rotatable bonds is 9. The van der Waals surface area contributed by atoms with Gasteiger partial charge in [-0.15, -0.1) is 0 Å². The summed E-state index contributed by atoms with van der Waals surface area (Å²) in [6.45, 7) is -0.653. The van der Waals surface area contributed by atoms with Crippen molar-refractivity contribution in [3.05, 3.63) is 16.7 Å². The molecule has 0 aliphatic rings. The Balaban J connectivity index is 2.01. The number of nitrogens with one attached hydrogen (secondary N) is 1. The fourth-order valence-electron chi connectivity index (χ4n) is 2.12.